The molecule has 3 aromatic rings. The summed E-state index contributed by atoms with van der Waals surface area (Å²) in [7, 11) is 3.21. The molecule has 2 heterocycles. The Hall–Kier alpha value is -3.87. The van der Waals surface area contributed by atoms with Gasteiger partial charge < -0.3 is 19.7 Å². The van der Waals surface area contributed by atoms with Crippen LogP contribution in [0.4, 0.5) is 5.82 Å². The molecule has 1 aliphatic heterocycles. The van der Waals surface area contributed by atoms with Crippen LogP contribution in [0.2, 0.25) is 0 Å². The van der Waals surface area contributed by atoms with Crippen molar-refractivity contribution in [3.8, 4) is 5.75 Å². The Kier molecular flexibility index (Phi) is 8.55. The van der Waals surface area contributed by atoms with E-state index in [1.165, 1.54) is 12.7 Å². The largest absolute Gasteiger partial charge is 0.493 e. The first-order valence-corrected chi connectivity index (χ1v) is 12.3. The van der Waals surface area contributed by atoms with E-state index in [1.54, 1.807) is 0 Å². The maximum absolute atomic E-state index is 13.4. The van der Waals surface area contributed by atoms with Gasteiger partial charge in [0.15, 0.2) is 0 Å². The van der Waals surface area contributed by atoms with Crippen molar-refractivity contribution in [3.63, 3.8) is 0 Å². The summed E-state index contributed by atoms with van der Waals surface area (Å²) in [4.78, 5) is 31.9. The van der Waals surface area contributed by atoms with Crippen molar-refractivity contribution < 1.29 is 19.1 Å². The Labute approximate surface area is 212 Å². The molecular formula is C29H33N3O4. The molecule has 36 heavy (non-hydrogen) atoms. The molecule has 1 aromatic heterocycles. The molecule has 1 amide bonds. The van der Waals surface area contributed by atoms with Crippen molar-refractivity contribution in [3.05, 3.63) is 89.1 Å². The number of benzene rings is 2. The van der Waals surface area contributed by atoms with Gasteiger partial charge in [0.05, 0.1) is 26.1 Å². The first kappa shape index (κ1) is 25.2. The van der Waals surface area contributed by atoms with Crippen molar-refractivity contribution in [1.29, 1.82) is 0 Å². The van der Waals surface area contributed by atoms with E-state index in [-0.39, 0.29) is 18.3 Å². The zero-order valence-corrected chi connectivity index (χ0v) is 20.9. The number of nitrogens with one attached hydrogen (secondary N) is 1. The maximum Gasteiger partial charge on any atom is 0.306 e. The second-order valence-electron chi connectivity index (χ2n) is 8.97. The average Bonchev–Trinajstić information content (AvgIpc) is 3.04. The fourth-order valence-corrected chi connectivity index (χ4v) is 4.51. The lowest BCUT2D eigenvalue weighted by Gasteiger charge is -2.24. The third-order valence-corrected chi connectivity index (χ3v) is 6.51. The van der Waals surface area contributed by atoms with E-state index in [0.29, 0.717) is 32.5 Å². The van der Waals surface area contributed by atoms with Crippen LogP contribution in [0.15, 0.2) is 66.7 Å². The number of carbonyl (C=O) groups excluding carboxylic acids is 2. The quantitative estimate of drug-likeness (QED) is 0.435. The highest BCUT2D eigenvalue weighted by Gasteiger charge is 2.31. The second-order valence-corrected chi connectivity index (χ2v) is 8.97. The number of ether oxygens (including phenoxy) is 2. The van der Waals surface area contributed by atoms with Gasteiger partial charge in [0, 0.05) is 32.3 Å². The summed E-state index contributed by atoms with van der Waals surface area (Å²) >= 11 is 0. The molecule has 1 atom stereocenters. The molecule has 1 N–H and O–H groups in total. The van der Waals surface area contributed by atoms with Gasteiger partial charge in [0.25, 0.3) is 0 Å². The van der Waals surface area contributed by atoms with Crippen LogP contribution >= 0.6 is 0 Å². The zero-order valence-electron chi connectivity index (χ0n) is 20.9. The fraction of sp³-hybridized carbons (Fsp3) is 0.345. The lowest BCUT2D eigenvalue weighted by Crippen LogP contribution is -2.37. The Balaban J connectivity index is 1.48. The Morgan fingerprint density at radius 2 is 1.89 bits per heavy atom. The molecule has 7 nitrogen and oxygen atoms in total. The van der Waals surface area contributed by atoms with Crippen LogP contribution in [0.3, 0.4) is 0 Å². The van der Waals surface area contributed by atoms with E-state index in [9.17, 15) is 9.59 Å². The minimum atomic E-state index is -0.438. The van der Waals surface area contributed by atoms with Crippen molar-refractivity contribution in [2.75, 3.05) is 32.6 Å². The molecular weight excluding hydrogens is 454 g/mol. The molecule has 2 aromatic carbocycles. The molecule has 0 unspecified atom stereocenters. The maximum atomic E-state index is 13.4. The smallest absolute Gasteiger partial charge is 0.306 e. The number of rotatable bonds is 10. The Morgan fingerprint density at radius 3 is 2.67 bits per heavy atom. The number of anilines is 1. The van der Waals surface area contributed by atoms with Crippen LogP contribution in [-0.4, -0.2) is 49.1 Å². The van der Waals surface area contributed by atoms with Crippen molar-refractivity contribution in [2.24, 2.45) is 5.92 Å². The van der Waals surface area contributed by atoms with E-state index in [2.05, 4.69) is 22.4 Å². The van der Waals surface area contributed by atoms with Crippen molar-refractivity contribution in [1.82, 2.24) is 9.88 Å². The minimum Gasteiger partial charge on any atom is -0.493 e. The number of amides is 1. The molecule has 0 saturated heterocycles. The monoisotopic (exact) mass is 487 g/mol. The minimum absolute atomic E-state index is 0.00881. The van der Waals surface area contributed by atoms with E-state index < -0.39 is 5.92 Å². The summed E-state index contributed by atoms with van der Waals surface area (Å²) in [6.07, 6.45) is 2.02. The lowest BCUT2D eigenvalue weighted by atomic mass is 9.94. The summed E-state index contributed by atoms with van der Waals surface area (Å²) < 4.78 is 10.9. The van der Waals surface area contributed by atoms with Crippen molar-refractivity contribution in [2.45, 2.75) is 32.2 Å². The number of pyridine rings is 1. The zero-order chi connectivity index (χ0) is 25.3. The number of hydrogen-bond acceptors (Lipinski definition) is 6. The summed E-state index contributed by atoms with van der Waals surface area (Å²) in [6.45, 7) is 1.57. The molecule has 1 aliphatic rings. The van der Waals surface area contributed by atoms with Crippen LogP contribution in [-0.2, 0) is 40.1 Å². The number of aromatic nitrogens is 1. The summed E-state index contributed by atoms with van der Waals surface area (Å²) in [5, 5.41) is 3.05. The summed E-state index contributed by atoms with van der Waals surface area (Å²) in [5.41, 5.74) is 4.25. The molecule has 0 aliphatic carbocycles. The average molecular weight is 488 g/mol. The van der Waals surface area contributed by atoms with Gasteiger partial charge in [0.2, 0.25) is 5.91 Å². The highest BCUT2D eigenvalue weighted by molar-refractivity contribution is 5.84. The van der Waals surface area contributed by atoms with Crippen LogP contribution in [0.1, 0.15) is 28.8 Å². The van der Waals surface area contributed by atoms with Crippen LogP contribution in [0, 0.1) is 5.92 Å². The van der Waals surface area contributed by atoms with Crippen LogP contribution < -0.4 is 10.1 Å². The third kappa shape index (κ3) is 6.62. The lowest BCUT2D eigenvalue weighted by molar-refractivity contribution is -0.146. The number of hydrogen-bond donors (Lipinski definition) is 1. The molecule has 4 rings (SSSR count). The normalized spacial score (nSPS) is 15.1. The van der Waals surface area contributed by atoms with E-state index in [4.69, 9.17) is 9.47 Å². The summed E-state index contributed by atoms with van der Waals surface area (Å²) in [5.74, 6) is 0.785. The van der Waals surface area contributed by atoms with Gasteiger partial charge in [-0.15, -0.1) is 0 Å². The van der Waals surface area contributed by atoms with Gasteiger partial charge in [-0.1, -0.05) is 42.5 Å². The van der Waals surface area contributed by atoms with Gasteiger partial charge in [-0.25, -0.2) is 4.98 Å². The predicted molar refractivity (Wildman–Crippen MR) is 139 cm³/mol. The van der Waals surface area contributed by atoms with E-state index in [0.717, 1.165) is 34.8 Å². The number of fused-ring (bicyclic) bond motifs is 1. The predicted octanol–water partition coefficient (Wildman–Crippen LogP) is 4.05. The van der Waals surface area contributed by atoms with Gasteiger partial charge in [-0.2, -0.15) is 0 Å². The topological polar surface area (TPSA) is 80.8 Å². The second kappa shape index (κ2) is 12.2. The van der Waals surface area contributed by atoms with Gasteiger partial charge in [-0.05, 0) is 53.8 Å². The molecule has 188 valence electrons. The van der Waals surface area contributed by atoms with Gasteiger partial charge >= 0.3 is 5.97 Å². The molecule has 0 bridgehead atoms. The number of nitrogens with zero attached hydrogens (tertiary/aromatic N) is 2. The first-order valence-electron chi connectivity index (χ1n) is 12.3. The van der Waals surface area contributed by atoms with Crippen LogP contribution in [0.5, 0.6) is 5.75 Å². The standard InChI is InChI=1S/C29H33N3O4/c1-30-27-10-6-9-25(31-27)14-16-36-26-12-11-22-17-23(19-28(33)35-2)29(34)32(20-24(22)18-26)15-13-21-7-4-3-5-8-21/h3-12,18,23H,13-17,19-20H2,1-2H3,(H,30,31)/t23-/m0/s1. The van der Waals surface area contributed by atoms with Gasteiger partial charge in [0.1, 0.15) is 11.6 Å². The molecule has 0 saturated carbocycles. The SMILES string of the molecule is CNc1cccc(CCOc2ccc3c(c2)CN(CCc2ccccc2)C(=O)[C@H](CC(=O)OC)C3)n1. The van der Waals surface area contributed by atoms with Crippen molar-refractivity contribution >= 4 is 17.7 Å². The number of esters is 1. The van der Waals surface area contributed by atoms with E-state index in [1.807, 2.05) is 66.5 Å². The Bertz CT molecular complexity index is 1180. The molecule has 0 fully saturated rings. The molecule has 7 heteroatoms. The molecule has 0 spiro atoms. The van der Waals surface area contributed by atoms with E-state index >= 15 is 0 Å². The van der Waals surface area contributed by atoms with Crippen LogP contribution in [0.25, 0.3) is 0 Å². The van der Waals surface area contributed by atoms with Gasteiger partial charge in [-0.3, -0.25) is 9.59 Å². The number of methoxy groups -OCH3 is 1. The fourth-order valence-electron chi connectivity index (χ4n) is 4.51. The third-order valence-electron chi connectivity index (χ3n) is 6.51. The highest BCUT2D eigenvalue weighted by Crippen LogP contribution is 2.28. The summed E-state index contributed by atoms with van der Waals surface area (Å²) in [6, 6.07) is 22.0. The molecule has 0 radical (unpaired) electrons. The number of carbonyl (C=O) groups is 2. The first-order chi connectivity index (χ1) is 17.6. The highest BCUT2D eigenvalue weighted by atomic mass is 16.5. The Morgan fingerprint density at radius 1 is 1.06 bits per heavy atom.